The van der Waals surface area contributed by atoms with Gasteiger partial charge in [-0.2, -0.15) is 0 Å². The minimum atomic E-state index is -0.223. The van der Waals surface area contributed by atoms with Crippen molar-refractivity contribution in [1.29, 1.82) is 0 Å². The summed E-state index contributed by atoms with van der Waals surface area (Å²) < 4.78 is 11.8. The molecule has 29 heavy (non-hydrogen) atoms. The molecule has 1 amide bonds. The highest BCUT2D eigenvalue weighted by atomic mass is 35.5. The molecule has 146 valence electrons. The topological polar surface area (TPSA) is 55.6 Å². The highest BCUT2D eigenvalue weighted by Crippen LogP contribution is 2.35. The number of para-hydroxylation sites is 1. The molecule has 0 bridgehead atoms. The average Bonchev–Trinajstić information content (AvgIpc) is 3.40. The van der Waals surface area contributed by atoms with Crippen LogP contribution in [-0.2, 0) is 11.3 Å². The van der Waals surface area contributed by atoms with E-state index >= 15 is 0 Å². The van der Waals surface area contributed by atoms with Gasteiger partial charge in [0, 0.05) is 11.1 Å². The Balaban J connectivity index is 1.70. The van der Waals surface area contributed by atoms with Crippen molar-refractivity contribution < 1.29 is 13.9 Å². The van der Waals surface area contributed by atoms with Crippen molar-refractivity contribution in [3.8, 4) is 5.75 Å². The molecule has 4 aromatic rings. The first-order valence-corrected chi connectivity index (χ1v) is 10.0. The van der Waals surface area contributed by atoms with E-state index in [9.17, 15) is 4.79 Å². The monoisotopic (exact) mass is 424 g/mol. The predicted molar refractivity (Wildman–Crippen MR) is 117 cm³/mol. The molecule has 0 saturated heterocycles. The summed E-state index contributed by atoms with van der Waals surface area (Å²) in [7, 11) is 1.60. The van der Waals surface area contributed by atoms with E-state index in [0.29, 0.717) is 21.7 Å². The van der Waals surface area contributed by atoms with Gasteiger partial charge in [-0.25, -0.2) is 4.98 Å². The maximum atomic E-state index is 13.1. The van der Waals surface area contributed by atoms with Crippen LogP contribution in [0, 0.1) is 0 Å². The predicted octanol–water partition coefficient (Wildman–Crippen LogP) is 5.80. The zero-order valence-electron chi connectivity index (χ0n) is 15.5. The van der Waals surface area contributed by atoms with E-state index in [1.54, 1.807) is 36.5 Å². The van der Waals surface area contributed by atoms with Gasteiger partial charge in [0.1, 0.15) is 17.0 Å². The maximum absolute atomic E-state index is 13.1. The second kappa shape index (κ2) is 8.51. The van der Waals surface area contributed by atoms with Crippen LogP contribution in [0.5, 0.6) is 5.75 Å². The number of hydrogen-bond acceptors (Lipinski definition) is 5. The van der Waals surface area contributed by atoms with Gasteiger partial charge in [0.25, 0.3) is 5.91 Å². The van der Waals surface area contributed by atoms with Crippen molar-refractivity contribution in [1.82, 2.24) is 4.98 Å². The SMILES string of the molecule is COc1cccc2sc(N(Cc3ccco3)C(=O)/C=C/c3ccccc3Cl)nc12. The van der Waals surface area contributed by atoms with Crippen LogP contribution in [0.4, 0.5) is 5.13 Å². The molecule has 0 spiro atoms. The minimum Gasteiger partial charge on any atom is -0.494 e. The first kappa shape index (κ1) is 19.2. The standard InChI is InChI=1S/C22H17ClN2O3S/c1-27-18-9-4-10-19-21(18)24-22(29-19)25(14-16-7-5-13-28-16)20(26)12-11-15-6-2-3-8-17(15)23/h2-13H,14H2,1H3/b12-11+. The number of aromatic nitrogens is 1. The number of rotatable bonds is 6. The van der Waals surface area contributed by atoms with Crippen LogP contribution in [0.2, 0.25) is 5.02 Å². The summed E-state index contributed by atoms with van der Waals surface area (Å²) >= 11 is 7.61. The van der Waals surface area contributed by atoms with Gasteiger partial charge in [-0.3, -0.25) is 9.69 Å². The van der Waals surface area contributed by atoms with E-state index in [4.69, 9.17) is 20.8 Å². The third-order valence-corrected chi connectivity index (χ3v) is 5.68. The fourth-order valence-electron chi connectivity index (χ4n) is 2.85. The molecule has 0 aliphatic carbocycles. The van der Waals surface area contributed by atoms with Crippen LogP contribution in [0.1, 0.15) is 11.3 Å². The fourth-order valence-corrected chi connectivity index (χ4v) is 4.04. The molecule has 0 aliphatic heterocycles. The lowest BCUT2D eigenvalue weighted by Crippen LogP contribution is -2.28. The van der Waals surface area contributed by atoms with Crippen molar-refractivity contribution in [3.63, 3.8) is 0 Å². The maximum Gasteiger partial charge on any atom is 0.253 e. The molecule has 0 atom stereocenters. The second-order valence-electron chi connectivity index (χ2n) is 6.16. The number of anilines is 1. The Hall–Kier alpha value is -3.09. The number of carbonyl (C=O) groups excluding carboxylic acids is 1. The first-order valence-electron chi connectivity index (χ1n) is 8.86. The largest absolute Gasteiger partial charge is 0.494 e. The third-order valence-electron chi connectivity index (χ3n) is 4.29. The molecule has 2 aromatic heterocycles. The van der Waals surface area contributed by atoms with E-state index < -0.39 is 0 Å². The van der Waals surface area contributed by atoms with Gasteiger partial charge in [-0.15, -0.1) is 0 Å². The number of ether oxygens (including phenoxy) is 1. The Bertz CT molecular complexity index is 1170. The summed E-state index contributed by atoms with van der Waals surface area (Å²) in [5.41, 5.74) is 1.49. The number of amides is 1. The zero-order chi connectivity index (χ0) is 20.2. The summed E-state index contributed by atoms with van der Waals surface area (Å²) in [6.45, 7) is 0.265. The van der Waals surface area contributed by atoms with Gasteiger partial charge in [0.15, 0.2) is 5.13 Å². The van der Waals surface area contributed by atoms with E-state index in [1.807, 2.05) is 42.5 Å². The van der Waals surface area contributed by atoms with Crippen LogP contribution in [0.3, 0.4) is 0 Å². The molecular weight excluding hydrogens is 408 g/mol. The van der Waals surface area contributed by atoms with Gasteiger partial charge in [0.05, 0.1) is 24.6 Å². The number of fused-ring (bicyclic) bond motifs is 1. The number of carbonyl (C=O) groups is 1. The first-order chi connectivity index (χ1) is 14.2. The van der Waals surface area contributed by atoms with Crippen molar-refractivity contribution in [3.05, 3.63) is 83.3 Å². The Labute approximate surface area is 176 Å². The number of furan rings is 1. The lowest BCUT2D eigenvalue weighted by atomic mass is 10.2. The lowest BCUT2D eigenvalue weighted by Gasteiger charge is -2.16. The van der Waals surface area contributed by atoms with E-state index in [-0.39, 0.29) is 12.5 Å². The van der Waals surface area contributed by atoms with Crippen LogP contribution in [-0.4, -0.2) is 18.0 Å². The summed E-state index contributed by atoms with van der Waals surface area (Å²) in [5.74, 6) is 1.11. The molecule has 7 heteroatoms. The van der Waals surface area contributed by atoms with Gasteiger partial charge in [0.2, 0.25) is 0 Å². The summed E-state index contributed by atoms with van der Waals surface area (Å²) in [4.78, 5) is 19.3. The van der Waals surface area contributed by atoms with Crippen LogP contribution < -0.4 is 9.64 Å². The van der Waals surface area contributed by atoms with Crippen molar-refractivity contribution in [2.45, 2.75) is 6.54 Å². The number of methoxy groups -OCH3 is 1. The van der Waals surface area contributed by atoms with Crippen LogP contribution in [0.15, 0.2) is 71.4 Å². The highest BCUT2D eigenvalue weighted by molar-refractivity contribution is 7.22. The quantitative estimate of drug-likeness (QED) is 0.367. The number of halogens is 1. The van der Waals surface area contributed by atoms with Crippen molar-refractivity contribution in [2.24, 2.45) is 0 Å². The number of benzene rings is 2. The molecule has 0 N–H and O–H groups in total. The van der Waals surface area contributed by atoms with E-state index in [1.165, 1.54) is 17.4 Å². The molecule has 5 nitrogen and oxygen atoms in total. The third kappa shape index (κ3) is 4.18. The van der Waals surface area contributed by atoms with Crippen molar-refractivity contribution >= 4 is 50.3 Å². The average molecular weight is 425 g/mol. The Morgan fingerprint density at radius 3 is 2.83 bits per heavy atom. The number of thiazole rings is 1. The Morgan fingerprint density at radius 2 is 2.07 bits per heavy atom. The molecule has 2 aromatic carbocycles. The summed E-state index contributed by atoms with van der Waals surface area (Å²) in [5, 5.41) is 1.15. The van der Waals surface area contributed by atoms with Crippen LogP contribution in [0.25, 0.3) is 16.3 Å². The number of hydrogen-bond donors (Lipinski definition) is 0. The van der Waals surface area contributed by atoms with Gasteiger partial charge in [-0.1, -0.05) is 47.2 Å². The highest BCUT2D eigenvalue weighted by Gasteiger charge is 2.20. The minimum absolute atomic E-state index is 0.223. The normalized spacial score (nSPS) is 11.2. The van der Waals surface area contributed by atoms with Gasteiger partial charge >= 0.3 is 0 Å². The molecule has 0 aliphatic rings. The molecular formula is C22H17ClN2O3S. The molecule has 0 radical (unpaired) electrons. The molecule has 2 heterocycles. The van der Waals surface area contributed by atoms with Gasteiger partial charge < -0.3 is 9.15 Å². The van der Waals surface area contributed by atoms with E-state index in [2.05, 4.69) is 4.98 Å². The number of nitrogens with zero attached hydrogens (tertiary/aromatic N) is 2. The summed E-state index contributed by atoms with van der Waals surface area (Å²) in [6.07, 6.45) is 4.78. The zero-order valence-corrected chi connectivity index (χ0v) is 17.1. The second-order valence-corrected chi connectivity index (χ2v) is 7.58. The van der Waals surface area contributed by atoms with E-state index in [0.717, 1.165) is 15.8 Å². The molecule has 0 fully saturated rings. The lowest BCUT2D eigenvalue weighted by molar-refractivity contribution is -0.114. The Morgan fingerprint density at radius 1 is 1.21 bits per heavy atom. The molecule has 0 saturated carbocycles. The molecule has 0 unspecified atom stereocenters. The van der Waals surface area contributed by atoms with Gasteiger partial charge in [-0.05, 0) is 42.0 Å². The smallest absolute Gasteiger partial charge is 0.253 e. The fraction of sp³-hybridized carbons (Fsp3) is 0.0909. The Kier molecular flexibility index (Phi) is 5.64. The molecule has 4 rings (SSSR count). The summed E-state index contributed by atoms with van der Waals surface area (Å²) in [6, 6.07) is 16.7. The van der Waals surface area contributed by atoms with Crippen molar-refractivity contribution in [2.75, 3.05) is 12.0 Å². The van der Waals surface area contributed by atoms with Crippen LogP contribution >= 0.6 is 22.9 Å².